The minimum Gasteiger partial charge on any atom is -0.790 e. The molecule has 0 spiro atoms. The first-order valence-electron chi connectivity index (χ1n) is 27.4. The van der Waals surface area contributed by atoms with Gasteiger partial charge in [-0.05, 0) is 6.42 Å². The van der Waals surface area contributed by atoms with Crippen LogP contribution in [-0.4, -0.2) is 169 Å². The highest BCUT2D eigenvalue weighted by atomic mass is 31.2. The highest BCUT2D eigenvalue weighted by molar-refractivity contribution is 7.46. The molecule has 0 saturated heterocycles. The van der Waals surface area contributed by atoms with Gasteiger partial charge in [0, 0.05) is 5.41 Å². The van der Waals surface area contributed by atoms with Crippen molar-refractivity contribution in [2.45, 2.75) is 123 Å². The Morgan fingerprint density at radius 3 is 0.369 bits per heavy atom. The molecule has 0 aromatic rings. The lowest BCUT2D eigenvalue weighted by molar-refractivity contribution is -0.386. The van der Waals surface area contributed by atoms with Crippen LogP contribution in [0.1, 0.15) is 13.3 Å². The van der Waals surface area contributed by atoms with Gasteiger partial charge in [0.15, 0.2) is 0 Å². The van der Waals surface area contributed by atoms with Gasteiger partial charge in [0.1, 0.15) is 110 Å². The van der Waals surface area contributed by atoms with Gasteiger partial charge in [-0.2, -0.15) is 0 Å². The lowest BCUT2D eigenvalue weighted by Crippen LogP contribution is -2.68. The van der Waals surface area contributed by atoms with Gasteiger partial charge in [0.05, 0.1) is 177 Å². The van der Waals surface area contributed by atoms with E-state index in [1.54, 1.807) is 0 Å². The molecule has 0 aromatic carbocycles. The summed E-state index contributed by atoms with van der Waals surface area (Å²) >= 11 is 0. The van der Waals surface area contributed by atoms with Crippen LogP contribution in [0.3, 0.4) is 0 Å². The van der Waals surface area contributed by atoms with Crippen molar-refractivity contribution < 1.29 is 312 Å². The van der Waals surface area contributed by atoms with Gasteiger partial charge < -0.3 is 312 Å². The Morgan fingerprint density at radius 1 is 0.180 bits per heavy atom. The van der Waals surface area contributed by atoms with E-state index in [0.29, 0.717) is 0 Å². The monoisotopic (exact) mass is 1920 g/mol. The van der Waals surface area contributed by atoms with Crippen LogP contribution in [0.5, 0.6) is 0 Å². The van der Waals surface area contributed by atoms with Crippen molar-refractivity contribution >= 4 is 117 Å². The van der Waals surface area contributed by atoms with Gasteiger partial charge in [-0.15, -0.1) is 0 Å². The summed E-state index contributed by atoms with van der Waals surface area (Å²) in [5, 5.41) is 0. The molecular formula is C30H41O66P15-30. The second-order valence-electron chi connectivity index (χ2n) is 21.3. The molecule has 66 nitrogen and oxygen atoms in total. The topological polar surface area (TPSA) is 1140 Å². The molecule has 81 heteroatoms. The molecule has 6 unspecified atom stereocenters. The minimum absolute atomic E-state index is 0.737. The van der Waals surface area contributed by atoms with Gasteiger partial charge in [-0.3, -0.25) is 0 Å². The Kier molecular flexibility index (Phi) is 39.2. The average molecular weight is 1920 g/mol. The van der Waals surface area contributed by atoms with E-state index in [0.717, 1.165) is 6.92 Å². The van der Waals surface area contributed by atoms with Gasteiger partial charge in [0.2, 0.25) is 0 Å². The normalized spacial score (nSPS) is 29.3. The van der Waals surface area contributed by atoms with Crippen molar-refractivity contribution in [3.63, 3.8) is 0 Å². The van der Waals surface area contributed by atoms with Gasteiger partial charge in [-0.25, -0.2) is 0 Å². The molecule has 662 valence electrons. The number of phosphoric acid groups is 15. The van der Waals surface area contributed by atoms with Crippen LogP contribution in [0, 0.1) is 5.41 Å². The highest BCUT2D eigenvalue weighted by Gasteiger charge is 2.60. The van der Waals surface area contributed by atoms with Crippen LogP contribution in [0.25, 0.3) is 0 Å². The Balaban J connectivity index is 2.31. The molecule has 111 heavy (non-hydrogen) atoms. The molecule has 3 aliphatic carbocycles. The van der Waals surface area contributed by atoms with E-state index in [2.05, 4.69) is 67.9 Å². The molecule has 0 bridgehead atoms. The number of rotatable bonds is 49. The summed E-state index contributed by atoms with van der Waals surface area (Å²) in [5.74, 6) is 0. The molecule has 0 radical (unpaired) electrons. The van der Waals surface area contributed by atoms with E-state index >= 15 is 0 Å². The Bertz CT molecular complexity index is 3220. The summed E-state index contributed by atoms with van der Waals surface area (Å²) in [4.78, 5) is 359. The SMILES string of the molecule is CCC(COCCOC1[C@@H](OP(=O)([O-])[O-])[C@H](OP(=O)([O-])[O-])C(OP(=O)([O-])[O-])[C@H](OP(=O)([O-])[O-])[C@H]1OP(=O)([O-])[O-])(COCCOC1[C@@H](OP(=O)([O-])[O-])[C@H](OP(=O)([O-])[O-])C(OP(=O)([O-])[O-])[C@H](OP(=O)([O-])[O-])[C@H]1OP(=O)([O-])[O-])COCCOC1[C@@H](OP(=O)([O-])[O-])[C@H](OP(=O)([O-])[O-])C(OP(=O)([O-])[O-])[C@H](OP(=O)([O-])[O-])[C@H]1OP(=O)([O-])[O-]. The van der Waals surface area contributed by atoms with Crippen molar-refractivity contribution in [1.82, 2.24) is 0 Å². The van der Waals surface area contributed by atoms with E-state index in [1.807, 2.05) is 0 Å². The summed E-state index contributed by atoms with van der Waals surface area (Å²) in [6, 6.07) is 0. The van der Waals surface area contributed by atoms with E-state index in [-0.39, 0.29) is 0 Å². The number of hydrogen-bond acceptors (Lipinski definition) is 66. The van der Waals surface area contributed by atoms with Crippen LogP contribution >= 0.6 is 117 Å². The lowest BCUT2D eigenvalue weighted by atomic mass is 9.85. The standard InChI is InChI=1S/C30H71O66P15/c1-2-30(9-76-3-6-79-12-15(82-97(31,32)33)21(88-103(49,50)51)27(94-109(67,68)69)22(89-104(52,53)54)16(12)83-98(34,35)36,10-77-4-7-80-13-17(84-99(37,38)39)23(90-105(55,56)57)28(95-110(70,71)72)24(91-106(58,59)60)18(13)85-100(40,41)42)11-78-5-8-81-14-19(86-101(43,44)45)25(92-107(61,62)63)29(96-111(73,74)75)26(93-108(64,65)66)20(14)87-102(46,47)48/h12-29H,2-11H2,1H3,(H2,31,32,33)(H2,34,35,36)(H2,37,38,39)(H2,40,41,42)(H2,43,44,45)(H2,46,47,48)(H2,49,50,51)(H2,52,53,54)(H2,55,56,57)(H2,58,59,60)(H2,61,62,63)(H2,64,65,66)(H2,67,68,69)(H2,70,71,72)(H2,73,74,75)/p-30/t12?,13?,14?,15-,16+,17-,18+,19-,20+,21+,22-,23+,24-,25+,26-,27?,28?,29?,30?. The predicted molar refractivity (Wildman–Crippen MR) is 262 cm³/mol. The van der Waals surface area contributed by atoms with Crippen molar-refractivity contribution in [3.05, 3.63) is 0 Å². The fourth-order valence-electron chi connectivity index (χ4n) is 10.00. The van der Waals surface area contributed by atoms with Crippen LogP contribution < -0.4 is 147 Å². The number of ether oxygens (including phenoxy) is 6. The Morgan fingerprint density at radius 2 is 0.279 bits per heavy atom. The first kappa shape index (κ1) is 107. The molecule has 3 rings (SSSR count). The molecule has 0 heterocycles. The second kappa shape index (κ2) is 40.8. The smallest absolute Gasteiger partial charge is 0.121 e. The average Bonchev–Trinajstić information content (AvgIpc) is 0.759. The third-order valence-corrected chi connectivity index (χ3v) is 20.7. The summed E-state index contributed by atoms with van der Waals surface area (Å²) in [7, 11) is -105. The summed E-state index contributed by atoms with van der Waals surface area (Å²) in [6.07, 6.45) is -66.7. The van der Waals surface area contributed by atoms with Crippen molar-refractivity contribution in [3.8, 4) is 0 Å². The summed E-state index contributed by atoms with van der Waals surface area (Å²) < 4.78 is 270. The number of hydrogen-bond donors (Lipinski definition) is 0. The Hall–Kier alpha value is 1.41. The molecule has 3 saturated carbocycles. The molecule has 3 fully saturated rings. The van der Waals surface area contributed by atoms with Crippen LogP contribution in [0.15, 0.2) is 0 Å². The van der Waals surface area contributed by atoms with E-state index in [9.17, 15) is 215 Å². The first-order valence-corrected chi connectivity index (χ1v) is 49.3. The molecule has 0 amide bonds. The van der Waals surface area contributed by atoms with Crippen molar-refractivity contribution in [2.75, 3.05) is 59.5 Å². The largest absolute Gasteiger partial charge is 0.790 e. The van der Waals surface area contributed by atoms with Crippen molar-refractivity contribution in [1.29, 1.82) is 0 Å². The lowest BCUT2D eigenvalue weighted by Gasteiger charge is -2.56. The maximum atomic E-state index is 12.1. The number of phosphoric ester groups is 15. The van der Waals surface area contributed by atoms with E-state index in [4.69, 9.17) is 28.4 Å². The molecule has 0 aliphatic heterocycles. The Labute approximate surface area is 615 Å². The molecule has 18 atom stereocenters. The van der Waals surface area contributed by atoms with Crippen LogP contribution in [-0.2, 0) is 165 Å². The van der Waals surface area contributed by atoms with E-state index < -0.39 is 299 Å². The van der Waals surface area contributed by atoms with Gasteiger partial charge in [-0.1, -0.05) is 6.92 Å². The molecular weight excluding hydrogens is 1880 g/mol. The third kappa shape index (κ3) is 41.9. The van der Waals surface area contributed by atoms with Gasteiger partial charge >= 0.3 is 0 Å². The second-order valence-corrected chi connectivity index (χ2v) is 37.9. The highest BCUT2D eigenvalue weighted by Crippen LogP contribution is 2.55. The zero-order chi connectivity index (χ0) is 86.3. The maximum absolute atomic E-state index is 12.1. The maximum Gasteiger partial charge on any atom is 0.121 e. The minimum atomic E-state index is -7.03. The quantitative estimate of drug-likeness (QED) is 0.0403. The molecule has 0 N–H and O–H groups in total. The van der Waals surface area contributed by atoms with Crippen LogP contribution in [0.2, 0.25) is 0 Å². The summed E-state index contributed by atoms with van der Waals surface area (Å²) in [6.45, 7) is -12.1. The molecule has 3 aliphatic rings. The predicted octanol–water partition coefficient (Wildman–Crippen LogP) is -26.2. The fourth-order valence-corrected chi connectivity index (χ4v) is 18.1. The van der Waals surface area contributed by atoms with E-state index in [1.165, 1.54) is 0 Å². The van der Waals surface area contributed by atoms with Crippen molar-refractivity contribution in [2.24, 2.45) is 5.41 Å². The zero-order valence-corrected chi connectivity index (χ0v) is 66.0. The van der Waals surface area contributed by atoms with Gasteiger partial charge in [0.25, 0.3) is 0 Å². The van der Waals surface area contributed by atoms with Crippen LogP contribution in [0.4, 0.5) is 0 Å². The first-order chi connectivity index (χ1) is 49.3. The fraction of sp³-hybridized carbons (Fsp3) is 1.00. The zero-order valence-electron chi connectivity index (χ0n) is 52.6. The third-order valence-electron chi connectivity index (χ3n) is 13.2. The summed E-state index contributed by atoms with van der Waals surface area (Å²) in [5.41, 5.74) is -2.30. The molecule has 0 aromatic heterocycles.